The second-order valence-electron chi connectivity index (χ2n) is 4.09. The van der Waals surface area contributed by atoms with E-state index in [4.69, 9.17) is 5.73 Å². The van der Waals surface area contributed by atoms with Gasteiger partial charge in [-0.05, 0) is 18.2 Å². The van der Waals surface area contributed by atoms with Crippen molar-refractivity contribution in [2.75, 3.05) is 13.6 Å². The van der Waals surface area contributed by atoms with Crippen molar-refractivity contribution in [2.24, 2.45) is 5.73 Å². The molecule has 0 amide bonds. The van der Waals surface area contributed by atoms with E-state index >= 15 is 0 Å². The van der Waals surface area contributed by atoms with Crippen LogP contribution in [0.5, 0.6) is 0 Å². The number of benzene rings is 2. The first-order valence-electron chi connectivity index (χ1n) is 5.83. The number of nitrogens with two attached hydrogens (primary N) is 1. The van der Waals surface area contributed by atoms with Gasteiger partial charge in [-0.25, -0.2) is 0 Å². The molecule has 0 fully saturated rings. The van der Waals surface area contributed by atoms with Crippen molar-refractivity contribution in [1.29, 1.82) is 0 Å². The number of nitrogens with one attached hydrogen (secondary N) is 1. The summed E-state index contributed by atoms with van der Waals surface area (Å²) in [6.07, 6.45) is 0. The molecule has 0 heterocycles. The molecule has 0 aliphatic rings. The van der Waals surface area contributed by atoms with Crippen LogP contribution in [0.4, 0.5) is 0 Å². The van der Waals surface area contributed by atoms with Crippen LogP contribution in [0, 0.1) is 0 Å². The lowest BCUT2D eigenvalue weighted by Gasteiger charge is -2.33. The highest BCUT2D eigenvalue weighted by Gasteiger charge is 2.30. The van der Waals surface area contributed by atoms with E-state index in [1.165, 1.54) is 11.1 Å². The fourth-order valence-electron chi connectivity index (χ4n) is 2.24. The highest BCUT2D eigenvalue weighted by molar-refractivity contribution is 5.38. The summed E-state index contributed by atoms with van der Waals surface area (Å²) >= 11 is 0. The Morgan fingerprint density at radius 3 is 1.59 bits per heavy atom. The maximum absolute atomic E-state index is 6.02. The first-order chi connectivity index (χ1) is 8.33. The van der Waals surface area contributed by atoms with Crippen LogP contribution in [-0.2, 0) is 5.54 Å². The van der Waals surface area contributed by atoms with Crippen LogP contribution in [0.15, 0.2) is 60.7 Å². The minimum Gasteiger partial charge on any atom is -0.328 e. The largest absolute Gasteiger partial charge is 0.328 e. The maximum Gasteiger partial charge on any atom is 0.0812 e. The van der Waals surface area contributed by atoms with E-state index < -0.39 is 0 Å². The molecule has 2 aromatic carbocycles. The summed E-state index contributed by atoms with van der Waals surface area (Å²) in [6, 6.07) is 20.6. The Kier molecular flexibility index (Phi) is 3.57. The SMILES string of the molecule is CNC(CN)(c1ccccc1)c1ccccc1. The molecule has 0 unspecified atom stereocenters. The second kappa shape index (κ2) is 5.13. The molecule has 0 saturated heterocycles. The first kappa shape index (κ1) is 11.8. The van der Waals surface area contributed by atoms with Crippen LogP contribution >= 0.6 is 0 Å². The van der Waals surface area contributed by atoms with E-state index in [1.807, 2.05) is 43.4 Å². The van der Waals surface area contributed by atoms with E-state index in [1.54, 1.807) is 0 Å². The quantitative estimate of drug-likeness (QED) is 0.838. The van der Waals surface area contributed by atoms with Crippen LogP contribution < -0.4 is 11.1 Å². The molecule has 0 radical (unpaired) electrons. The van der Waals surface area contributed by atoms with E-state index in [-0.39, 0.29) is 5.54 Å². The zero-order valence-corrected chi connectivity index (χ0v) is 10.1. The van der Waals surface area contributed by atoms with Crippen LogP contribution in [0.3, 0.4) is 0 Å². The van der Waals surface area contributed by atoms with Crippen molar-refractivity contribution in [3.63, 3.8) is 0 Å². The molecule has 0 spiro atoms. The third kappa shape index (κ3) is 2.09. The zero-order chi connectivity index (χ0) is 12.1. The summed E-state index contributed by atoms with van der Waals surface area (Å²) in [5.41, 5.74) is 8.10. The average molecular weight is 226 g/mol. The van der Waals surface area contributed by atoms with Crippen molar-refractivity contribution in [3.8, 4) is 0 Å². The lowest BCUT2D eigenvalue weighted by atomic mass is 9.83. The molecule has 2 heteroatoms. The van der Waals surface area contributed by atoms with Crippen molar-refractivity contribution in [1.82, 2.24) is 5.32 Å². The van der Waals surface area contributed by atoms with Crippen LogP contribution in [0.25, 0.3) is 0 Å². The Labute approximate surface area is 102 Å². The summed E-state index contributed by atoms with van der Waals surface area (Å²) in [6.45, 7) is 0.525. The predicted octanol–water partition coefficient (Wildman–Crippen LogP) is 2.11. The number of hydrogen-bond acceptors (Lipinski definition) is 2. The summed E-state index contributed by atoms with van der Waals surface area (Å²) in [4.78, 5) is 0. The minimum atomic E-state index is -0.303. The summed E-state index contributed by atoms with van der Waals surface area (Å²) in [7, 11) is 1.95. The maximum atomic E-state index is 6.02. The van der Waals surface area contributed by atoms with Crippen molar-refractivity contribution >= 4 is 0 Å². The van der Waals surface area contributed by atoms with Crippen LogP contribution in [0.1, 0.15) is 11.1 Å². The van der Waals surface area contributed by atoms with Gasteiger partial charge in [-0.3, -0.25) is 0 Å². The molecular weight excluding hydrogens is 208 g/mol. The molecule has 17 heavy (non-hydrogen) atoms. The molecule has 0 atom stereocenters. The predicted molar refractivity (Wildman–Crippen MR) is 71.8 cm³/mol. The minimum absolute atomic E-state index is 0.303. The average Bonchev–Trinajstić information content (AvgIpc) is 2.43. The highest BCUT2D eigenvalue weighted by atomic mass is 15.0. The smallest absolute Gasteiger partial charge is 0.0812 e. The van der Waals surface area contributed by atoms with Gasteiger partial charge in [-0.2, -0.15) is 0 Å². The van der Waals surface area contributed by atoms with Gasteiger partial charge in [-0.15, -0.1) is 0 Å². The molecule has 3 N–H and O–H groups in total. The molecule has 0 saturated carbocycles. The normalized spacial score (nSPS) is 11.4. The Morgan fingerprint density at radius 2 is 1.29 bits per heavy atom. The van der Waals surface area contributed by atoms with Crippen LogP contribution in [-0.4, -0.2) is 13.6 Å². The summed E-state index contributed by atoms with van der Waals surface area (Å²) < 4.78 is 0. The van der Waals surface area contributed by atoms with Gasteiger partial charge >= 0.3 is 0 Å². The molecule has 2 aromatic rings. The van der Waals surface area contributed by atoms with Gasteiger partial charge in [-0.1, -0.05) is 60.7 Å². The molecule has 2 rings (SSSR count). The van der Waals surface area contributed by atoms with Crippen molar-refractivity contribution in [2.45, 2.75) is 5.54 Å². The third-order valence-corrected chi connectivity index (χ3v) is 3.27. The van der Waals surface area contributed by atoms with Crippen molar-refractivity contribution < 1.29 is 0 Å². The van der Waals surface area contributed by atoms with Gasteiger partial charge in [0.05, 0.1) is 5.54 Å². The zero-order valence-electron chi connectivity index (χ0n) is 10.1. The fraction of sp³-hybridized carbons (Fsp3) is 0.200. The van der Waals surface area contributed by atoms with E-state index in [9.17, 15) is 0 Å². The van der Waals surface area contributed by atoms with Gasteiger partial charge in [0, 0.05) is 6.54 Å². The van der Waals surface area contributed by atoms with Crippen LogP contribution in [0.2, 0.25) is 0 Å². The van der Waals surface area contributed by atoms with Gasteiger partial charge in [0.15, 0.2) is 0 Å². The molecule has 0 bridgehead atoms. The monoisotopic (exact) mass is 226 g/mol. The summed E-state index contributed by atoms with van der Waals surface area (Å²) in [5, 5.41) is 3.37. The van der Waals surface area contributed by atoms with E-state index in [0.717, 1.165) is 0 Å². The Hall–Kier alpha value is -1.64. The highest BCUT2D eigenvalue weighted by Crippen LogP contribution is 2.27. The standard InChI is InChI=1S/C15H18N2/c1-17-15(12-16,13-8-4-2-5-9-13)14-10-6-3-7-11-14/h2-11,17H,12,16H2,1H3. The number of hydrogen-bond donors (Lipinski definition) is 2. The number of rotatable bonds is 4. The lowest BCUT2D eigenvalue weighted by molar-refractivity contribution is 0.449. The van der Waals surface area contributed by atoms with Crippen molar-refractivity contribution in [3.05, 3.63) is 71.8 Å². The van der Waals surface area contributed by atoms with Gasteiger partial charge in [0.25, 0.3) is 0 Å². The third-order valence-electron chi connectivity index (χ3n) is 3.27. The van der Waals surface area contributed by atoms with Gasteiger partial charge in [0.1, 0.15) is 0 Å². The molecule has 88 valence electrons. The van der Waals surface area contributed by atoms with E-state index in [2.05, 4.69) is 29.6 Å². The van der Waals surface area contributed by atoms with E-state index in [0.29, 0.717) is 6.54 Å². The topological polar surface area (TPSA) is 38.0 Å². The van der Waals surface area contributed by atoms with Gasteiger partial charge < -0.3 is 11.1 Å². The molecule has 0 aliphatic heterocycles. The molecule has 0 aliphatic carbocycles. The van der Waals surface area contributed by atoms with Gasteiger partial charge in [0.2, 0.25) is 0 Å². The number of likely N-dealkylation sites (N-methyl/N-ethyl adjacent to an activating group) is 1. The second-order valence-corrected chi connectivity index (χ2v) is 4.09. The molecule has 0 aromatic heterocycles. The fourth-order valence-corrected chi connectivity index (χ4v) is 2.24. The lowest BCUT2D eigenvalue weighted by Crippen LogP contribution is -2.47. The summed E-state index contributed by atoms with van der Waals surface area (Å²) in [5.74, 6) is 0. The first-order valence-corrected chi connectivity index (χ1v) is 5.83. The Balaban J connectivity index is 2.54. The Bertz CT molecular complexity index is 405. The molecule has 2 nitrogen and oxygen atoms in total. The molecular formula is C15H18N2. The Morgan fingerprint density at radius 1 is 0.882 bits per heavy atom.